The zero-order valence-electron chi connectivity index (χ0n) is 13.1. The fraction of sp³-hybridized carbons (Fsp3) is 0.0625. The van der Waals surface area contributed by atoms with Crippen molar-refractivity contribution >= 4 is 35.3 Å². The molecule has 0 radical (unpaired) electrons. The smallest absolute Gasteiger partial charge is 0.284 e. The maximum absolute atomic E-state index is 11.2. The Kier molecular flexibility index (Phi) is 5.49. The molecule has 8 nitrogen and oxygen atoms in total. The number of aromatic nitrogens is 3. The largest absolute Gasteiger partial charge is 0.486 e. The Balaban J connectivity index is 1.69. The molecule has 0 atom stereocenters. The van der Waals surface area contributed by atoms with Gasteiger partial charge in [-0.3, -0.25) is 20.0 Å². The lowest BCUT2D eigenvalue weighted by Crippen LogP contribution is -1.97. The summed E-state index contributed by atoms with van der Waals surface area (Å²) in [5.41, 5.74) is 0.0523. The molecular formula is C16H11ClN4O4S. The summed E-state index contributed by atoms with van der Waals surface area (Å²) in [6.45, 7) is 0.154. The highest BCUT2D eigenvalue weighted by Crippen LogP contribution is 2.33. The molecule has 3 aromatic rings. The maximum Gasteiger partial charge on any atom is 0.284 e. The number of ether oxygens (including phenoxy) is 1. The van der Waals surface area contributed by atoms with Crippen molar-refractivity contribution in [2.24, 2.45) is 0 Å². The molecule has 0 aliphatic carbocycles. The molecule has 0 aliphatic rings. The highest BCUT2D eigenvalue weighted by molar-refractivity contribution is 7.99. The van der Waals surface area contributed by atoms with E-state index >= 15 is 0 Å². The number of carbonyl (C=O) groups excluding carboxylic acids is 1. The van der Waals surface area contributed by atoms with Crippen LogP contribution in [0.5, 0.6) is 5.75 Å². The molecule has 1 aromatic heterocycles. The van der Waals surface area contributed by atoms with Crippen molar-refractivity contribution in [3.63, 3.8) is 0 Å². The Bertz CT molecular complexity index is 946. The van der Waals surface area contributed by atoms with Crippen LogP contribution in [0.3, 0.4) is 0 Å². The fourth-order valence-corrected chi connectivity index (χ4v) is 2.95. The van der Waals surface area contributed by atoms with Gasteiger partial charge in [0.2, 0.25) is 5.16 Å². The Morgan fingerprint density at radius 2 is 2.04 bits per heavy atom. The van der Waals surface area contributed by atoms with Gasteiger partial charge in [0.05, 0.1) is 9.82 Å². The maximum atomic E-state index is 11.2. The molecule has 10 heteroatoms. The number of nitro groups is 1. The van der Waals surface area contributed by atoms with Crippen LogP contribution in [0.1, 0.15) is 16.2 Å². The third kappa shape index (κ3) is 4.38. The molecule has 132 valence electrons. The summed E-state index contributed by atoms with van der Waals surface area (Å²) < 4.78 is 5.55. The van der Waals surface area contributed by atoms with Gasteiger partial charge in [0.25, 0.3) is 5.69 Å². The second kappa shape index (κ2) is 7.98. The van der Waals surface area contributed by atoms with Gasteiger partial charge < -0.3 is 4.74 Å². The Morgan fingerprint density at radius 1 is 1.27 bits per heavy atom. The minimum atomic E-state index is -0.549. The quantitative estimate of drug-likeness (QED) is 0.370. The van der Waals surface area contributed by atoms with Crippen molar-refractivity contribution in [3.05, 3.63) is 69.0 Å². The number of aromatic amines is 1. The molecule has 0 unspecified atom stereocenters. The van der Waals surface area contributed by atoms with Crippen LogP contribution in [0, 0.1) is 10.1 Å². The molecule has 0 spiro atoms. The van der Waals surface area contributed by atoms with Crippen LogP contribution < -0.4 is 4.74 Å². The summed E-state index contributed by atoms with van der Waals surface area (Å²) in [6.07, 6.45) is 0.556. The van der Waals surface area contributed by atoms with Gasteiger partial charge in [-0.05, 0) is 42.1 Å². The lowest BCUT2D eigenvalue weighted by Gasteiger charge is -2.03. The summed E-state index contributed by atoms with van der Waals surface area (Å²) in [4.78, 5) is 26.0. The monoisotopic (exact) mass is 390 g/mol. The van der Waals surface area contributed by atoms with E-state index in [-0.39, 0.29) is 17.9 Å². The molecule has 2 aromatic carbocycles. The topological polar surface area (TPSA) is 111 Å². The molecule has 1 heterocycles. The van der Waals surface area contributed by atoms with E-state index in [0.29, 0.717) is 32.9 Å². The van der Waals surface area contributed by atoms with Crippen LogP contribution in [0.4, 0.5) is 5.69 Å². The number of nitrogens with one attached hydrogen (secondary N) is 1. The number of halogens is 1. The minimum absolute atomic E-state index is 0.154. The van der Waals surface area contributed by atoms with Gasteiger partial charge in [-0.25, -0.2) is 4.98 Å². The third-order valence-electron chi connectivity index (χ3n) is 3.22. The van der Waals surface area contributed by atoms with Crippen molar-refractivity contribution in [1.29, 1.82) is 0 Å². The number of nitrogens with zero attached hydrogens (tertiary/aromatic N) is 3. The van der Waals surface area contributed by atoms with E-state index in [1.165, 1.54) is 18.2 Å². The van der Waals surface area contributed by atoms with Crippen LogP contribution in [0.2, 0.25) is 5.02 Å². The van der Waals surface area contributed by atoms with Crippen LogP contribution in [0.15, 0.2) is 52.5 Å². The lowest BCUT2D eigenvalue weighted by molar-refractivity contribution is -0.387. The van der Waals surface area contributed by atoms with Gasteiger partial charge in [-0.15, -0.1) is 5.10 Å². The van der Waals surface area contributed by atoms with Crippen LogP contribution in [-0.2, 0) is 6.61 Å². The number of hydrogen-bond donors (Lipinski definition) is 1. The summed E-state index contributed by atoms with van der Waals surface area (Å²) >= 11 is 6.83. The summed E-state index contributed by atoms with van der Waals surface area (Å²) in [6, 6.07) is 11.1. The first-order chi connectivity index (χ1) is 12.5. The second-order valence-corrected chi connectivity index (χ2v) is 6.46. The average Bonchev–Trinajstić information content (AvgIpc) is 3.09. The van der Waals surface area contributed by atoms with Crippen molar-refractivity contribution < 1.29 is 14.5 Å². The summed E-state index contributed by atoms with van der Waals surface area (Å²) in [7, 11) is 0. The first kappa shape index (κ1) is 17.9. The fourth-order valence-electron chi connectivity index (χ4n) is 2.01. The summed E-state index contributed by atoms with van der Waals surface area (Å²) in [5, 5.41) is 18.8. The molecule has 0 saturated carbocycles. The number of H-pyrrole nitrogens is 1. The van der Waals surface area contributed by atoms with Crippen LogP contribution in [-0.4, -0.2) is 26.4 Å². The average molecular weight is 391 g/mol. The van der Waals surface area contributed by atoms with Gasteiger partial charge in [0.15, 0.2) is 5.82 Å². The molecule has 1 N–H and O–H groups in total. The van der Waals surface area contributed by atoms with Gasteiger partial charge in [-0.2, -0.15) is 0 Å². The first-order valence-electron chi connectivity index (χ1n) is 7.26. The number of nitro benzene ring substituents is 1. The van der Waals surface area contributed by atoms with Crippen molar-refractivity contribution in [2.75, 3.05) is 0 Å². The number of rotatable bonds is 7. The molecule has 0 saturated heterocycles. The van der Waals surface area contributed by atoms with E-state index in [1.807, 2.05) is 0 Å². The Morgan fingerprint density at radius 3 is 2.73 bits per heavy atom. The molecular weight excluding hydrogens is 380 g/mol. The van der Waals surface area contributed by atoms with Gasteiger partial charge in [-0.1, -0.05) is 17.7 Å². The zero-order valence-corrected chi connectivity index (χ0v) is 14.7. The SMILES string of the molecule is O=Cc1ccc(Sc2n[nH]c(COc3ccc(Cl)cc3)n2)c([N+](=O)[O-])c1. The molecule has 0 aliphatic heterocycles. The van der Waals surface area contributed by atoms with Gasteiger partial charge in [0.1, 0.15) is 18.6 Å². The molecule has 26 heavy (non-hydrogen) atoms. The number of benzene rings is 2. The van der Waals surface area contributed by atoms with Gasteiger partial charge in [0, 0.05) is 16.7 Å². The standard InChI is InChI=1S/C16H11ClN4O4S/c17-11-2-4-12(5-3-11)25-9-15-18-16(20-19-15)26-14-6-1-10(8-22)7-13(14)21(23)24/h1-8H,9H2,(H,18,19,20). The van der Waals surface area contributed by atoms with E-state index in [4.69, 9.17) is 16.3 Å². The third-order valence-corrected chi connectivity index (χ3v) is 4.40. The second-order valence-electron chi connectivity index (χ2n) is 5.01. The van der Waals surface area contributed by atoms with E-state index in [2.05, 4.69) is 15.2 Å². The molecule has 0 amide bonds. The van der Waals surface area contributed by atoms with E-state index < -0.39 is 4.92 Å². The van der Waals surface area contributed by atoms with Crippen molar-refractivity contribution in [2.45, 2.75) is 16.7 Å². The van der Waals surface area contributed by atoms with E-state index in [1.54, 1.807) is 24.3 Å². The number of hydrogen-bond acceptors (Lipinski definition) is 7. The normalized spacial score (nSPS) is 10.5. The Labute approximate surface area is 156 Å². The zero-order chi connectivity index (χ0) is 18.5. The minimum Gasteiger partial charge on any atom is -0.486 e. The predicted molar refractivity (Wildman–Crippen MR) is 94.8 cm³/mol. The number of aldehydes is 1. The van der Waals surface area contributed by atoms with Crippen LogP contribution in [0.25, 0.3) is 0 Å². The van der Waals surface area contributed by atoms with Gasteiger partial charge >= 0.3 is 0 Å². The van der Waals surface area contributed by atoms with Crippen LogP contribution >= 0.6 is 23.4 Å². The first-order valence-corrected chi connectivity index (χ1v) is 8.46. The highest BCUT2D eigenvalue weighted by atomic mass is 35.5. The van der Waals surface area contributed by atoms with E-state index in [9.17, 15) is 14.9 Å². The van der Waals surface area contributed by atoms with Crippen molar-refractivity contribution in [3.8, 4) is 5.75 Å². The highest BCUT2D eigenvalue weighted by Gasteiger charge is 2.17. The molecule has 0 bridgehead atoms. The van der Waals surface area contributed by atoms with Crippen molar-refractivity contribution in [1.82, 2.24) is 15.2 Å². The number of carbonyl (C=O) groups is 1. The molecule has 0 fully saturated rings. The Hall–Kier alpha value is -2.91. The molecule has 3 rings (SSSR count). The van der Waals surface area contributed by atoms with E-state index in [0.717, 1.165) is 11.8 Å². The lowest BCUT2D eigenvalue weighted by atomic mass is 10.2. The summed E-state index contributed by atoms with van der Waals surface area (Å²) in [5.74, 6) is 1.09. The predicted octanol–water partition coefficient (Wildman–Crippen LogP) is 3.91.